The number of benzene rings is 1. The van der Waals surface area contributed by atoms with Gasteiger partial charge in [-0.25, -0.2) is 8.96 Å². The van der Waals surface area contributed by atoms with Gasteiger partial charge in [-0.3, -0.25) is 0 Å². The fourth-order valence-electron chi connectivity index (χ4n) is 1.34. The standard InChI is InChI=1S/C10H9FN.HI/c1-12-6-2-3-8-7-9(11)4-5-10(8)12;/h2-7H,1H3;1H/q+1;/p-1. The molecule has 2 rings (SSSR count). The molecule has 0 atom stereocenters. The van der Waals surface area contributed by atoms with Crippen molar-refractivity contribution in [2.75, 3.05) is 0 Å². The predicted molar refractivity (Wildman–Crippen MR) is 45.1 cm³/mol. The molecule has 2 aromatic rings. The summed E-state index contributed by atoms with van der Waals surface area (Å²) in [5.41, 5.74) is 1.04. The first-order valence-corrected chi connectivity index (χ1v) is 3.81. The summed E-state index contributed by atoms with van der Waals surface area (Å²) in [7, 11) is 1.94. The van der Waals surface area contributed by atoms with E-state index >= 15 is 0 Å². The van der Waals surface area contributed by atoms with Crippen LogP contribution in [-0.2, 0) is 7.05 Å². The van der Waals surface area contributed by atoms with Crippen LogP contribution in [0.25, 0.3) is 10.9 Å². The van der Waals surface area contributed by atoms with E-state index in [0.29, 0.717) is 0 Å². The predicted octanol–water partition coefficient (Wildman–Crippen LogP) is -1.19. The minimum absolute atomic E-state index is 0. The second-order valence-electron chi connectivity index (χ2n) is 2.82. The van der Waals surface area contributed by atoms with E-state index in [1.165, 1.54) is 12.1 Å². The normalized spacial score (nSPS) is 9.69. The van der Waals surface area contributed by atoms with Crippen LogP contribution in [0.1, 0.15) is 0 Å². The highest BCUT2D eigenvalue weighted by atomic mass is 127. The molecule has 0 aliphatic heterocycles. The lowest BCUT2D eigenvalue weighted by Crippen LogP contribution is -3.00. The molecular weight excluding hydrogens is 280 g/mol. The summed E-state index contributed by atoms with van der Waals surface area (Å²) in [6, 6.07) is 8.60. The van der Waals surface area contributed by atoms with Crippen LogP contribution in [0.3, 0.4) is 0 Å². The van der Waals surface area contributed by atoms with Crippen molar-refractivity contribution >= 4 is 10.9 Å². The van der Waals surface area contributed by atoms with Crippen molar-refractivity contribution in [3.8, 4) is 0 Å². The molecule has 1 aromatic heterocycles. The molecule has 13 heavy (non-hydrogen) atoms. The first-order chi connectivity index (χ1) is 5.77. The summed E-state index contributed by atoms with van der Waals surface area (Å²) in [4.78, 5) is 0. The van der Waals surface area contributed by atoms with Gasteiger partial charge in [0.25, 0.3) is 0 Å². The van der Waals surface area contributed by atoms with Crippen LogP contribution in [0.5, 0.6) is 0 Å². The number of fused-ring (bicyclic) bond motifs is 1. The van der Waals surface area contributed by atoms with Gasteiger partial charge in [0.2, 0.25) is 5.52 Å². The fraction of sp³-hybridized carbons (Fsp3) is 0.100. The second-order valence-corrected chi connectivity index (χ2v) is 2.82. The van der Waals surface area contributed by atoms with Crippen LogP contribution >= 0.6 is 0 Å². The number of aromatic nitrogens is 1. The van der Waals surface area contributed by atoms with Crippen molar-refractivity contribution in [3.63, 3.8) is 0 Å². The van der Waals surface area contributed by atoms with Gasteiger partial charge in [0.15, 0.2) is 6.20 Å². The number of halogens is 2. The Bertz CT molecular complexity index is 428. The van der Waals surface area contributed by atoms with E-state index in [4.69, 9.17) is 0 Å². The third-order valence-electron chi connectivity index (χ3n) is 1.96. The van der Waals surface area contributed by atoms with Crippen LogP contribution in [0.4, 0.5) is 4.39 Å². The number of hydrogen-bond acceptors (Lipinski definition) is 0. The maximum atomic E-state index is 12.8. The lowest BCUT2D eigenvalue weighted by molar-refractivity contribution is -0.644. The van der Waals surface area contributed by atoms with Crippen molar-refractivity contribution in [2.24, 2.45) is 7.05 Å². The molecule has 0 fully saturated rings. The lowest BCUT2D eigenvalue weighted by atomic mass is 10.2. The van der Waals surface area contributed by atoms with E-state index in [1.807, 2.05) is 29.9 Å². The summed E-state index contributed by atoms with van der Waals surface area (Å²) in [6.07, 6.45) is 1.94. The molecule has 0 bridgehead atoms. The SMILES string of the molecule is C[n+]1cccc2cc(F)ccc21.[I-]. The quantitative estimate of drug-likeness (QED) is 0.424. The zero-order chi connectivity index (χ0) is 8.55. The Morgan fingerprint density at radius 3 is 2.77 bits per heavy atom. The number of nitrogens with zero attached hydrogens (tertiary/aromatic N) is 1. The van der Waals surface area contributed by atoms with Crippen LogP contribution in [0.15, 0.2) is 36.5 Å². The minimum atomic E-state index is -0.186. The third kappa shape index (κ3) is 1.96. The molecule has 0 N–H and O–H groups in total. The van der Waals surface area contributed by atoms with E-state index in [-0.39, 0.29) is 29.8 Å². The summed E-state index contributed by atoms with van der Waals surface area (Å²) in [6.45, 7) is 0. The fourth-order valence-corrected chi connectivity index (χ4v) is 1.34. The van der Waals surface area contributed by atoms with Crippen molar-refractivity contribution in [1.82, 2.24) is 0 Å². The molecule has 0 saturated heterocycles. The molecule has 0 spiro atoms. The van der Waals surface area contributed by atoms with Gasteiger partial charge in [-0.05, 0) is 18.2 Å². The summed E-state index contributed by atoms with van der Waals surface area (Å²) < 4.78 is 14.7. The highest BCUT2D eigenvalue weighted by molar-refractivity contribution is 5.75. The van der Waals surface area contributed by atoms with Crippen LogP contribution in [0, 0.1) is 5.82 Å². The molecule has 0 amide bonds. The van der Waals surface area contributed by atoms with Crippen LogP contribution in [0.2, 0.25) is 0 Å². The monoisotopic (exact) mass is 289 g/mol. The van der Waals surface area contributed by atoms with E-state index in [1.54, 1.807) is 6.07 Å². The molecule has 3 heteroatoms. The number of aryl methyl sites for hydroxylation is 1. The van der Waals surface area contributed by atoms with E-state index in [0.717, 1.165) is 10.9 Å². The van der Waals surface area contributed by atoms with Crippen molar-refractivity contribution in [3.05, 3.63) is 42.3 Å². The van der Waals surface area contributed by atoms with Crippen LogP contribution in [-0.4, -0.2) is 0 Å². The van der Waals surface area contributed by atoms with Crippen molar-refractivity contribution < 1.29 is 32.9 Å². The lowest BCUT2D eigenvalue weighted by Gasteiger charge is -1.94. The van der Waals surface area contributed by atoms with Gasteiger partial charge < -0.3 is 24.0 Å². The molecule has 1 nitrogen and oxygen atoms in total. The summed E-state index contributed by atoms with van der Waals surface area (Å²) in [5, 5.41) is 0.931. The highest BCUT2D eigenvalue weighted by Crippen LogP contribution is 2.10. The van der Waals surface area contributed by atoms with Gasteiger partial charge in [0.05, 0.1) is 0 Å². The van der Waals surface area contributed by atoms with Gasteiger partial charge in [-0.2, -0.15) is 0 Å². The molecule has 0 unspecified atom stereocenters. The zero-order valence-corrected chi connectivity index (χ0v) is 9.32. The Hall–Kier alpha value is -0.710. The molecular formula is C10H9FIN. The Balaban J connectivity index is 0.000000845. The molecule has 1 aromatic carbocycles. The Kier molecular flexibility index (Phi) is 3.19. The van der Waals surface area contributed by atoms with Gasteiger partial charge in [-0.1, -0.05) is 0 Å². The van der Waals surface area contributed by atoms with Gasteiger partial charge in [-0.15, -0.1) is 0 Å². The second kappa shape index (κ2) is 4.00. The maximum Gasteiger partial charge on any atom is 0.212 e. The zero-order valence-electron chi connectivity index (χ0n) is 7.17. The van der Waals surface area contributed by atoms with Gasteiger partial charge in [0, 0.05) is 17.5 Å². The molecule has 0 aliphatic carbocycles. The topological polar surface area (TPSA) is 3.88 Å². The first-order valence-electron chi connectivity index (χ1n) is 3.81. The maximum absolute atomic E-state index is 12.8. The number of pyridine rings is 1. The third-order valence-corrected chi connectivity index (χ3v) is 1.96. The Morgan fingerprint density at radius 1 is 1.23 bits per heavy atom. The molecule has 1 heterocycles. The molecule has 0 saturated carbocycles. The van der Waals surface area contributed by atoms with E-state index in [2.05, 4.69) is 0 Å². The van der Waals surface area contributed by atoms with E-state index in [9.17, 15) is 4.39 Å². The smallest absolute Gasteiger partial charge is 0.212 e. The average Bonchev–Trinajstić information content (AvgIpc) is 2.04. The van der Waals surface area contributed by atoms with Gasteiger partial charge in [0.1, 0.15) is 12.9 Å². The first kappa shape index (κ1) is 10.4. The summed E-state index contributed by atoms with van der Waals surface area (Å²) in [5.74, 6) is -0.186. The Labute approximate surface area is 93.2 Å². The average molecular weight is 289 g/mol. The van der Waals surface area contributed by atoms with Crippen molar-refractivity contribution in [1.29, 1.82) is 0 Å². The molecule has 68 valence electrons. The largest absolute Gasteiger partial charge is 1.00 e. The highest BCUT2D eigenvalue weighted by Gasteiger charge is 2.02. The summed E-state index contributed by atoms with van der Waals surface area (Å²) >= 11 is 0. The Morgan fingerprint density at radius 2 is 2.00 bits per heavy atom. The van der Waals surface area contributed by atoms with E-state index < -0.39 is 0 Å². The van der Waals surface area contributed by atoms with Gasteiger partial charge >= 0.3 is 0 Å². The number of rotatable bonds is 0. The minimum Gasteiger partial charge on any atom is -1.00 e. The van der Waals surface area contributed by atoms with Crippen molar-refractivity contribution in [2.45, 2.75) is 0 Å². The number of hydrogen-bond donors (Lipinski definition) is 0. The molecule has 0 radical (unpaired) electrons. The molecule has 0 aliphatic rings. The van der Waals surface area contributed by atoms with Crippen LogP contribution < -0.4 is 28.5 Å².